The van der Waals surface area contributed by atoms with Gasteiger partial charge in [0.25, 0.3) is 0 Å². The van der Waals surface area contributed by atoms with E-state index in [0.717, 1.165) is 0 Å². The van der Waals surface area contributed by atoms with Crippen LogP contribution in [0.1, 0.15) is 96.0 Å². The lowest BCUT2D eigenvalue weighted by Gasteiger charge is -2.08. The van der Waals surface area contributed by atoms with E-state index >= 15 is 0 Å². The van der Waals surface area contributed by atoms with Crippen LogP contribution in [0.25, 0.3) is 41.7 Å². The fourth-order valence-electron chi connectivity index (χ4n) is 5.92. The second-order valence-electron chi connectivity index (χ2n) is 10.7. The first-order chi connectivity index (χ1) is 17.8. The van der Waals surface area contributed by atoms with Crippen LogP contribution in [-0.2, 0) is 6.42 Å². The SMILES string of the molecule is CCCCCCCCCCCCCCCc1ccc2c(ccc3c2ccc2sc4ccccc4c23)c1. The quantitative estimate of drug-likeness (QED) is 0.106. The molecule has 0 spiro atoms. The first kappa shape index (κ1) is 25.3. The molecule has 5 rings (SSSR count). The molecule has 0 amide bonds. The fraction of sp³-hybridized carbons (Fsp3) is 0.429. The van der Waals surface area contributed by atoms with Gasteiger partial charge < -0.3 is 0 Å². The van der Waals surface area contributed by atoms with Gasteiger partial charge in [-0.25, -0.2) is 0 Å². The Morgan fingerprint density at radius 3 is 1.89 bits per heavy atom. The first-order valence-electron chi connectivity index (χ1n) is 14.6. The van der Waals surface area contributed by atoms with E-state index in [2.05, 4.69) is 73.7 Å². The largest absolute Gasteiger partial charge is 0.135 e. The van der Waals surface area contributed by atoms with Crippen LogP contribution in [0.4, 0.5) is 0 Å². The van der Waals surface area contributed by atoms with Crippen LogP contribution < -0.4 is 0 Å². The van der Waals surface area contributed by atoms with Crippen molar-refractivity contribution >= 4 is 53.1 Å². The Morgan fingerprint density at radius 1 is 0.500 bits per heavy atom. The highest BCUT2D eigenvalue weighted by atomic mass is 32.1. The molecule has 0 atom stereocenters. The van der Waals surface area contributed by atoms with Crippen molar-refractivity contribution in [3.8, 4) is 0 Å². The van der Waals surface area contributed by atoms with Gasteiger partial charge in [-0.1, -0.05) is 139 Å². The summed E-state index contributed by atoms with van der Waals surface area (Å²) in [6, 6.07) is 25.4. The van der Waals surface area contributed by atoms with Gasteiger partial charge >= 0.3 is 0 Å². The number of hydrogen-bond donors (Lipinski definition) is 0. The number of rotatable bonds is 14. The molecule has 0 unspecified atom stereocenters. The maximum Gasteiger partial charge on any atom is 0.0361 e. The van der Waals surface area contributed by atoms with Gasteiger partial charge in [-0.15, -0.1) is 11.3 Å². The van der Waals surface area contributed by atoms with E-state index in [1.165, 1.54) is 137 Å². The summed E-state index contributed by atoms with van der Waals surface area (Å²) in [6.45, 7) is 2.30. The van der Waals surface area contributed by atoms with E-state index in [0.29, 0.717) is 0 Å². The third-order valence-electron chi connectivity index (χ3n) is 7.99. The number of benzene rings is 4. The number of unbranched alkanes of at least 4 members (excludes halogenated alkanes) is 12. The summed E-state index contributed by atoms with van der Waals surface area (Å²) in [5.41, 5.74) is 1.49. The molecule has 5 aromatic rings. The minimum Gasteiger partial charge on any atom is -0.135 e. The summed E-state index contributed by atoms with van der Waals surface area (Å²) in [7, 11) is 0. The second-order valence-corrected chi connectivity index (χ2v) is 11.8. The molecule has 0 aliphatic rings. The Kier molecular flexibility index (Phi) is 8.94. The van der Waals surface area contributed by atoms with Crippen LogP contribution in [0, 0.1) is 0 Å². The predicted octanol–water partition coefficient (Wildman–Crippen LogP) is 12.0. The van der Waals surface area contributed by atoms with Gasteiger partial charge in [0.15, 0.2) is 0 Å². The van der Waals surface area contributed by atoms with Gasteiger partial charge in [0.2, 0.25) is 0 Å². The fourth-order valence-corrected chi connectivity index (χ4v) is 7.04. The lowest BCUT2D eigenvalue weighted by molar-refractivity contribution is 0.539. The molecule has 0 aliphatic heterocycles. The maximum absolute atomic E-state index is 2.44. The van der Waals surface area contributed by atoms with Crippen LogP contribution in [-0.4, -0.2) is 0 Å². The highest BCUT2D eigenvalue weighted by Crippen LogP contribution is 2.40. The van der Waals surface area contributed by atoms with Crippen molar-refractivity contribution in [3.05, 3.63) is 72.3 Å². The molecule has 0 bridgehead atoms. The van der Waals surface area contributed by atoms with E-state index in [1.54, 1.807) is 0 Å². The molecule has 0 saturated heterocycles. The summed E-state index contributed by atoms with van der Waals surface area (Å²) in [6.07, 6.45) is 19.6. The number of aryl methyl sites for hydroxylation is 1. The molecule has 0 radical (unpaired) electrons. The van der Waals surface area contributed by atoms with E-state index < -0.39 is 0 Å². The summed E-state index contributed by atoms with van der Waals surface area (Å²) >= 11 is 1.91. The van der Waals surface area contributed by atoms with E-state index in [9.17, 15) is 0 Å². The molecule has 1 aromatic heterocycles. The molecule has 1 heterocycles. The molecule has 0 saturated carbocycles. The zero-order chi connectivity index (χ0) is 24.6. The van der Waals surface area contributed by atoms with Gasteiger partial charge in [-0.05, 0) is 52.1 Å². The van der Waals surface area contributed by atoms with Crippen molar-refractivity contribution in [2.45, 2.75) is 96.8 Å². The third kappa shape index (κ3) is 5.94. The average molecular weight is 495 g/mol. The first-order valence-corrected chi connectivity index (χ1v) is 15.4. The maximum atomic E-state index is 2.44. The summed E-state index contributed by atoms with van der Waals surface area (Å²) in [5.74, 6) is 0. The Bertz CT molecular complexity index is 1410. The Labute approximate surface area is 221 Å². The van der Waals surface area contributed by atoms with Crippen molar-refractivity contribution < 1.29 is 0 Å². The van der Waals surface area contributed by atoms with E-state index in [4.69, 9.17) is 0 Å². The van der Waals surface area contributed by atoms with Crippen molar-refractivity contribution in [3.63, 3.8) is 0 Å². The van der Waals surface area contributed by atoms with Crippen molar-refractivity contribution in [1.29, 1.82) is 0 Å². The van der Waals surface area contributed by atoms with Crippen LogP contribution in [0.15, 0.2) is 66.7 Å². The molecule has 188 valence electrons. The number of thiophene rings is 1. The average Bonchev–Trinajstić information content (AvgIpc) is 3.30. The molecule has 1 heteroatoms. The molecule has 0 N–H and O–H groups in total. The van der Waals surface area contributed by atoms with E-state index in [1.807, 2.05) is 11.3 Å². The topological polar surface area (TPSA) is 0 Å². The van der Waals surface area contributed by atoms with Crippen LogP contribution >= 0.6 is 11.3 Å². The minimum atomic E-state index is 1.21. The van der Waals surface area contributed by atoms with Gasteiger partial charge in [0.1, 0.15) is 0 Å². The number of fused-ring (bicyclic) bond motifs is 7. The second kappa shape index (κ2) is 12.7. The summed E-state index contributed by atoms with van der Waals surface area (Å²) < 4.78 is 2.77. The highest BCUT2D eigenvalue weighted by Gasteiger charge is 2.10. The third-order valence-corrected chi connectivity index (χ3v) is 9.12. The van der Waals surface area contributed by atoms with Gasteiger partial charge in [0, 0.05) is 20.2 Å². The molecule has 0 nitrogen and oxygen atoms in total. The number of hydrogen-bond acceptors (Lipinski definition) is 1. The Hall–Kier alpha value is -2.38. The Balaban J connectivity index is 1.12. The lowest BCUT2D eigenvalue weighted by Crippen LogP contribution is -1.88. The molecule has 0 aliphatic carbocycles. The monoisotopic (exact) mass is 494 g/mol. The van der Waals surface area contributed by atoms with Crippen molar-refractivity contribution in [2.24, 2.45) is 0 Å². The zero-order valence-electron chi connectivity index (χ0n) is 22.2. The predicted molar refractivity (Wildman–Crippen MR) is 164 cm³/mol. The van der Waals surface area contributed by atoms with Gasteiger partial charge in [-0.2, -0.15) is 0 Å². The molecule has 0 fully saturated rings. The zero-order valence-corrected chi connectivity index (χ0v) is 23.0. The van der Waals surface area contributed by atoms with Gasteiger partial charge in [0.05, 0.1) is 0 Å². The van der Waals surface area contributed by atoms with Crippen molar-refractivity contribution in [1.82, 2.24) is 0 Å². The van der Waals surface area contributed by atoms with E-state index in [-0.39, 0.29) is 0 Å². The summed E-state index contributed by atoms with van der Waals surface area (Å²) in [5, 5.41) is 8.36. The molecule has 4 aromatic carbocycles. The van der Waals surface area contributed by atoms with Crippen molar-refractivity contribution in [2.75, 3.05) is 0 Å². The summed E-state index contributed by atoms with van der Waals surface area (Å²) in [4.78, 5) is 0. The normalized spacial score (nSPS) is 11.9. The molecule has 36 heavy (non-hydrogen) atoms. The smallest absolute Gasteiger partial charge is 0.0361 e. The molecular formula is C35H42S. The van der Waals surface area contributed by atoms with Gasteiger partial charge in [-0.3, -0.25) is 0 Å². The van der Waals surface area contributed by atoms with Crippen LogP contribution in [0.3, 0.4) is 0 Å². The van der Waals surface area contributed by atoms with Crippen LogP contribution in [0.2, 0.25) is 0 Å². The molecular weight excluding hydrogens is 452 g/mol. The Morgan fingerprint density at radius 2 is 1.14 bits per heavy atom. The van der Waals surface area contributed by atoms with Crippen LogP contribution in [0.5, 0.6) is 0 Å². The standard InChI is InChI=1S/C35H42S/c1-2-3-4-5-6-7-8-9-10-11-12-13-14-17-27-20-22-29-28(26-27)21-23-31-30(29)24-25-34-35(31)32-18-15-16-19-33(32)36-34/h15-16,18-26H,2-14,17H2,1H3. The lowest BCUT2D eigenvalue weighted by atomic mass is 9.96. The minimum absolute atomic E-state index is 1.21. The highest BCUT2D eigenvalue weighted by molar-refractivity contribution is 7.26.